The lowest BCUT2D eigenvalue weighted by Crippen LogP contribution is -2.41. The van der Waals surface area contributed by atoms with Crippen molar-refractivity contribution in [1.82, 2.24) is 10.6 Å². The van der Waals surface area contributed by atoms with Gasteiger partial charge in [-0.15, -0.1) is 17.0 Å². The maximum absolute atomic E-state index is 11.9. The van der Waals surface area contributed by atoms with Crippen molar-refractivity contribution in [3.63, 3.8) is 0 Å². The van der Waals surface area contributed by atoms with Gasteiger partial charge in [0, 0.05) is 0 Å². The van der Waals surface area contributed by atoms with E-state index in [9.17, 15) is 9.59 Å². The molecular weight excluding hydrogens is 324 g/mol. The third kappa shape index (κ3) is 4.47. The number of nitrogens with one attached hydrogen (secondary N) is 2. The van der Waals surface area contributed by atoms with Gasteiger partial charge < -0.3 is 15.7 Å². The summed E-state index contributed by atoms with van der Waals surface area (Å²) in [4.78, 5) is 23.0. The second kappa shape index (κ2) is 7.81. The minimum absolute atomic E-state index is 0. The summed E-state index contributed by atoms with van der Waals surface area (Å²) in [6.45, 7) is 0.795. The fourth-order valence-electron chi connectivity index (χ4n) is 2.00. The predicted octanol–water partition coefficient (Wildman–Crippen LogP) is 1.56. The first kappa shape index (κ1) is 16.4. The van der Waals surface area contributed by atoms with Gasteiger partial charge in [-0.25, -0.2) is 4.79 Å². The second-order valence-corrected chi connectivity index (χ2v) is 4.41. The maximum atomic E-state index is 11.9. The molecule has 1 saturated heterocycles. The molecule has 1 aromatic carbocycles. The minimum Gasteiger partial charge on any atom is -0.477 e. The number of amides is 1. The third-order valence-electron chi connectivity index (χ3n) is 2.98. The number of carbonyl (C=O) groups excluding carboxylic acids is 1. The van der Waals surface area contributed by atoms with Crippen molar-refractivity contribution >= 4 is 34.9 Å². The number of carboxylic acid groups (broad SMARTS) is 1. The minimum atomic E-state index is -1.14. The Labute approximate surface area is 127 Å². The Kier molecular flexibility index (Phi) is 6.41. The van der Waals surface area contributed by atoms with Gasteiger partial charge in [-0.1, -0.05) is 30.3 Å². The summed E-state index contributed by atoms with van der Waals surface area (Å²) in [5.41, 5.74) is 0.629. The SMILES string of the molecule is Br.O=C(O)C(=Cc1ccccc1)NC(=O)[C@@H]1CCCN1. The number of benzene rings is 1. The van der Waals surface area contributed by atoms with Gasteiger partial charge >= 0.3 is 5.97 Å². The van der Waals surface area contributed by atoms with Gasteiger partial charge in [0.2, 0.25) is 5.91 Å². The summed E-state index contributed by atoms with van der Waals surface area (Å²) in [5, 5.41) is 14.6. The smallest absolute Gasteiger partial charge is 0.352 e. The van der Waals surface area contributed by atoms with E-state index in [1.807, 2.05) is 18.2 Å². The highest BCUT2D eigenvalue weighted by Gasteiger charge is 2.23. The Morgan fingerprint density at radius 2 is 2.00 bits per heavy atom. The van der Waals surface area contributed by atoms with Crippen LogP contribution < -0.4 is 10.6 Å². The summed E-state index contributed by atoms with van der Waals surface area (Å²) in [6, 6.07) is 8.74. The first-order valence-corrected chi connectivity index (χ1v) is 6.21. The highest BCUT2D eigenvalue weighted by Crippen LogP contribution is 2.08. The molecule has 5 nitrogen and oxygen atoms in total. The van der Waals surface area contributed by atoms with Crippen LogP contribution in [0.4, 0.5) is 0 Å². The Morgan fingerprint density at radius 3 is 2.55 bits per heavy atom. The summed E-state index contributed by atoms with van der Waals surface area (Å²) in [6.07, 6.45) is 3.13. The third-order valence-corrected chi connectivity index (χ3v) is 2.98. The molecule has 0 unspecified atom stereocenters. The summed E-state index contributed by atoms with van der Waals surface area (Å²) in [7, 11) is 0. The van der Waals surface area contributed by atoms with Crippen molar-refractivity contribution in [2.75, 3.05) is 6.54 Å². The fourth-order valence-corrected chi connectivity index (χ4v) is 2.00. The van der Waals surface area contributed by atoms with Crippen LogP contribution >= 0.6 is 17.0 Å². The molecule has 1 aliphatic heterocycles. The molecule has 1 aromatic rings. The molecule has 0 saturated carbocycles. The molecular formula is C14H17BrN2O3. The van der Waals surface area contributed by atoms with E-state index < -0.39 is 5.97 Å². The van der Waals surface area contributed by atoms with Crippen molar-refractivity contribution in [2.24, 2.45) is 0 Å². The Bertz CT molecular complexity index is 496. The first-order valence-electron chi connectivity index (χ1n) is 6.21. The highest BCUT2D eigenvalue weighted by molar-refractivity contribution is 8.93. The van der Waals surface area contributed by atoms with Gasteiger partial charge in [0.1, 0.15) is 5.70 Å². The zero-order valence-corrected chi connectivity index (χ0v) is 12.5. The molecule has 6 heteroatoms. The molecule has 0 aliphatic carbocycles. The number of aliphatic carboxylic acids is 1. The molecule has 0 radical (unpaired) electrons. The van der Waals surface area contributed by atoms with Crippen LogP contribution in [0.15, 0.2) is 36.0 Å². The molecule has 108 valence electrons. The average Bonchev–Trinajstić information content (AvgIpc) is 2.93. The zero-order chi connectivity index (χ0) is 13.7. The molecule has 1 fully saturated rings. The van der Waals surface area contributed by atoms with Crippen LogP contribution in [-0.4, -0.2) is 29.6 Å². The molecule has 1 aliphatic rings. The number of rotatable bonds is 4. The lowest BCUT2D eigenvalue weighted by atomic mass is 10.1. The van der Waals surface area contributed by atoms with Crippen LogP contribution in [0.3, 0.4) is 0 Å². The quantitative estimate of drug-likeness (QED) is 0.727. The molecule has 1 heterocycles. The number of halogens is 1. The van der Waals surface area contributed by atoms with Crippen LogP contribution in [0.25, 0.3) is 6.08 Å². The average molecular weight is 341 g/mol. The van der Waals surface area contributed by atoms with Gasteiger partial charge in [0.25, 0.3) is 0 Å². The van der Waals surface area contributed by atoms with Gasteiger partial charge in [0.15, 0.2) is 0 Å². The van der Waals surface area contributed by atoms with Gasteiger partial charge in [-0.3, -0.25) is 4.79 Å². The number of carbonyl (C=O) groups is 2. The summed E-state index contributed by atoms with van der Waals surface area (Å²) in [5.74, 6) is -1.43. The maximum Gasteiger partial charge on any atom is 0.352 e. The van der Waals surface area contributed by atoms with Gasteiger partial charge in [0.05, 0.1) is 6.04 Å². The van der Waals surface area contributed by atoms with E-state index in [1.54, 1.807) is 12.1 Å². The first-order chi connectivity index (χ1) is 9.16. The van der Waals surface area contributed by atoms with Crippen LogP contribution in [-0.2, 0) is 9.59 Å². The van der Waals surface area contributed by atoms with Crippen LogP contribution in [0.1, 0.15) is 18.4 Å². The van der Waals surface area contributed by atoms with Crippen LogP contribution in [0.2, 0.25) is 0 Å². The van der Waals surface area contributed by atoms with Crippen molar-refractivity contribution < 1.29 is 14.7 Å². The van der Waals surface area contributed by atoms with E-state index in [0.29, 0.717) is 0 Å². The second-order valence-electron chi connectivity index (χ2n) is 4.41. The van der Waals surface area contributed by atoms with Crippen molar-refractivity contribution in [2.45, 2.75) is 18.9 Å². The van der Waals surface area contributed by atoms with Crippen LogP contribution in [0.5, 0.6) is 0 Å². The molecule has 20 heavy (non-hydrogen) atoms. The van der Waals surface area contributed by atoms with E-state index in [2.05, 4.69) is 10.6 Å². The molecule has 0 spiro atoms. The monoisotopic (exact) mass is 340 g/mol. The van der Waals surface area contributed by atoms with Crippen molar-refractivity contribution in [1.29, 1.82) is 0 Å². The van der Waals surface area contributed by atoms with Gasteiger partial charge in [-0.05, 0) is 31.0 Å². The van der Waals surface area contributed by atoms with Crippen LogP contribution in [0, 0.1) is 0 Å². The summed E-state index contributed by atoms with van der Waals surface area (Å²) < 4.78 is 0. The van der Waals surface area contributed by atoms with E-state index in [1.165, 1.54) is 6.08 Å². The normalized spacial score (nSPS) is 18.2. The largest absolute Gasteiger partial charge is 0.477 e. The predicted molar refractivity (Wildman–Crippen MR) is 81.5 cm³/mol. The number of hydrogen-bond donors (Lipinski definition) is 3. The highest BCUT2D eigenvalue weighted by atomic mass is 79.9. The van der Waals surface area contributed by atoms with E-state index in [0.717, 1.165) is 24.9 Å². The van der Waals surface area contributed by atoms with E-state index in [-0.39, 0.29) is 34.6 Å². The lowest BCUT2D eigenvalue weighted by molar-refractivity contribution is -0.134. The zero-order valence-electron chi connectivity index (χ0n) is 10.8. The van der Waals surface area contributed by atoms with Gasteiger partial charge in [-0.2, -0.15) is 0 Å². The molecule has 1 atom stereocenters. The van der Waals surface area contributed by atoms with Crippen molar-refractivity contribution in [3.05, 3.63) is 41.6 Å². The van der Waals surface area contributed by atoms with E-state index in [4.69, 9.17) is 5.11 Å². The Hall–Kier alpha value is -1.66. The van der Waals surface area contributed by atoms with Crippen molar-refractivity contribution in [3.8, 4) is 0 Å². The molecule has 0 aromatic heterocycles. The molecule has 0 bridgehead atoms. The molecule has 3 N–H and O–H groups in total. The van der Waals surface area contributed by atoms with E-state index >= 15 is 0 Å². The topological polar surface area (TPSA) is 78.4 Å². The standard InChI is InChI=1S/C14H16N2O3.BrH/c17-13(11-7-4-8-15-11)16-12(14(18)19)9-10-5-2-1-3-6-10;/h1-3,5-6,9,11,15H,4,7-8H2,(H,16,17)(H,18,19);1H/t11-;/m0./s1. The Morgan fingerprint density at radius 1 is 1.30 bits per heavy atom. The number of hydrogen-bond acceptors (Lipinski definition) is 3. The lowest BCUT2D eigenvalue weighted by Gasteiger charge is -2.11. The summed E-state index contributed by atoms with van der Waals surface area (Å²) >= 11 is 0. The Balaban J connectivity index is 0.00000200. The molecule has 2 rings (SSSR count). The number of carboxylic acids is 1. The molecule has 1 amide bonds. The fraction of sp³-hybridized carbons (Fsp3) is 0.286.